The average Bonchev–Trinajstić information content (AvgIpc) is 2.94. The molecule has 3 saturated heterocycles. The minimum atomic E-state index is -0.748. The van der Waals surface area contributed by atoms with Crippen molar-refractivity contribution in [3.63, 3.8) is 0 Å². The molecule has 1 aromatic carbocycles. The predicted molar refractivity (Wildman–Crippen MR) is 104 cm³/mol. The van der Waals surface area contributed by atoms with Crippen molar-refractivity contribution in [2.45, 2.75) is 50.7 Å². The number of nitrogens with zero attached hydrogens (tertiary/aromatic N) is 3. The lowest BCUT2D eigenvalue weighted by Gasteiger charge is -2.38. The van der Waals surface area contributed by atoms with Crippen molar-refractivity contribution in [1.82, 2.24) is 20.0 Å². The summed E-state index contributed by atoms with van der Waals surface area (Å²) in [6, 6.07) is 9.95. The van der Waals surface area contributed by atoms with Crippen LogP contribution >= 0.6 is 0 Å². The van der Waals surface area contributed by atoms with Crippen LogP contribution < -0.4 is 5.32 Å². The molecule has 0 radical (unpaired) electrons. The molecule has 0 unspecified atom stereocenters. The highest BCUT2D eigenvalue weighted by Gasteiger charge is 2.54. The molecule has 1 spiro atoms. The Morgan fingerprint density at radius 2 is 1.71 bits per heavy atom. The Labute approximate surface area is 165 Å². The monoisotopic (exact) mass is 384 g/mol. The van der Waals surface area contributed by atoms with Crippen LogP contribution in [0.3, 0.4) is 0 Å². The Bertz CT molecular complexity index is 750. The lowest BCUT2D eigenvalue weighted by molar-refractivity contribution is -0.136. The number of carbonyl (C=O) groups excluding carboxylic acids is 3. The summed E-state index contributed by atoms with van der Waals surface area (Å²) in [5.74, 6) is -0.0176. The molecule has 3 aliphatic heterocycles. The zero-order chi connectivity index (χ0) is 19.7. The second kappa shape index (κ2) is 7.54. The van der Waals surface area contributed by atoms with E-state index in [9.17, 15) is 14.4 Å². The quantitative estimate of drug-likeness (QED) is 0.803. The van der Waals surface area contributed by atoms with Gasteiger partial charge in [0.05, 0.1) is 0 Å². The molecular formula is C21H28N4O3. The van der Waals surface area contributed by atoms with Gasteiger partial charge in [0.25, 0.3) is 5.91 Å². The third-order valence-corrected chi connectivity index (χ3v) is 6.43. The van der Waals surface area contributed by atoms with Crippen LogP contribution in [0.2, 0.25) is 0 Å². The third kappa shape index (κ3) is 3.51. The molecule has 3 fully saturated rings. The van der Waals surface area contributed by atoms with E-state index in [4.69, 9.17) is 0 Å². The van der Waals surface area contributed by atoms with Crippen molar-refractivity contribution in [2.75, 3.05) is 26.2 Å². The summed E-state index contributed by atoms with van der Waals surface area (Å²) in [6.45, 7) is 5.22. The van der Waals surface area contributed by atoms with Gasteiger partial charge in [-0.1, -0.05) is 30.3 Å². The van der Waals surface area contributed by atoms with Gasteiger partial charge in [-0.3, -0.25) is 19.4 Å². The fraction of sp³-hybridized carbons (Fsp3) is 0.571. The summed E-state index contributed by atoms with van der Waals surface area (Å²) < 4.78 is 0. The zero-order valence-electron chi connectivity index (χ0n) is 16.4. The van der Waals surface area contributed by atoms with Crippen molar-refractivity contribution in [3.05, 3.63) is 35.9 Å². The van der Waals surface area contributed by atoms with Crippen LogP contribution in [0, 0.1) is 0 Å². The van der Waals surface area contributed by atoms with Gasteiger partial charge in [-0.25, -0.2) is 4.79 Å². The van der Waals surface area contributed by atoms with Crippen molar-refractivity contribution in [2.24, 2.45) is 0 Å². The van der Waals surface area contributed by atoms with Gasteiger partial charge >= 0.3 is 6.03 Å². The van der Waals surface area contributed by atoms with E-state index in [-0.39, 0.29) is 23.9 Å². The first kappa shape index (κ1) is 18.9. The van der Waals surface area contributed by atoms with E-state index >= 15 is 0 Å². The first-order valence-electron chi connectivity index (χ1n) is 10.2. The molecule has 1 N–H and O–H groups in total. The number of benzene rings is 1. The fourth-order valence-electron chi connectivity index (χ4n) is 4.69. The maximum absolute atomic E-state index is 13.2. The normalized spacial score (nSPS) is 23.3. The molecule has 0 aliphatic carbocycles. The summed E-state index contributed by atoms with van der Waals surface area (Å²) in [4.78, 5) is 43.0. The summed E-state index contributed by atoms with van der Waals surface area (Å²) in [6.07, 6.45) is 2.62. The van der Waals surface area contributed by atoms with Crippen molar-refractivity contribution < 1.29 is 14.4 Å². The Kier molecular flexibility index (Phi) is 5.10. The van der Waals surface area contributed by atoms with E-state index in [2.05, 4.69) is 22.3 Å². The van der Waals surface area contributed by atoms with Crippen LogP contribution in [0.25, 0.3) is 0 Å². The number of hydrogen-bond donors (Lipinski definition) is 1. The van der Waals surface area contributed by atoms with Crippen LogP contribution in [0.5, 0.6) is 0 Å². The lowest BCUT2D eigenvalue weighted by atomic mass is 9.86. The molecule has 4 amide bonds. The fourth-order valence-corrected chi connectivity index (χ4v) is 4.69. The zero-order valence-corrected chi connectivity index (χ0v) is 16.4. The van der Waals surface area contributed by atoms with Crippen molar-refractivity contribution in [3.8, 4) is 0 Å². The SMILES string of the molecule is CC(=O)N1CCC(N2C(=O)NC3(CCN(Cc4ccccc4)CC3)C2=O)CC1. The Morgan fingerprint density at radius 1 is 1.07 bits per heavy atom. The first-order valence-corrected chi connectivity index (χ1v) is 10.2. The molecule has 0 aromatic heterocycles. The van der Waals surface area contributed by atoms with Crippen LogP contribution in [0.1, 0.15) is 38.2 Å². The van der Waals surface area contributed by atoms with E-state index < -0.39 is 5.54 Å². The molecule has 7 heteroatoms. The number of rotatable bonds is 3. The van der Waals surface area contributed by atoms with Gasteiger partial charge in [-0.05, 0) is 31.2 Å². The molecule has 0 atom stereocenters. The number of hydrogen-bond acceptors (Lipinski definition) is 4. The number of likely N-dealkylation sites (tertiary alicyclic amines) is 2. The van der Waals surface area contributed by atoms with Crippen LogP contribution in [-0.4, -0.2) is 70.3 Å². The summed E-state index contributed by atoms with van der Waals surface area (Å²) in [5, 5.41) is 3.02. The highest BCUT2D eigenvalue weighted by molar-refractivity contribution is 6.07. The van der Waals surface area contributed by atoms with Crippen LogP contribution in [0.4, 0.5) is 4.79 Å². The molecule has 0 bridgehead atoms. The topological polar surface area (TPSA) is 73.0 Å². The maximum Gasteiger partial charge on any atom is 0.325 e. The van der Waals surface area contributed by atoms with Crippen molar-refractivity contribution >= 4 is 17.8 Å². The average molecular weight is 384 g/mol. The number of nitrogens with one attached hydrogen (secondary N) is 1. The second-order valence-corrected chi connectivity index (χ2v) is 8.19. The second-order valence-electron chi connectivity index (χ2n) is 8.19. The number of piperidine rings is 2. The molecule has 4 rings (SSSR count). The van der Waals surface area contributed by atoms with Gasteiger partial charge < -0.3 is 10.2 Å². The molecule has 3 aliphatic rings. The van der Waals surface area contributed by atoms with Crippen LogP contribution in [-0.2, 0) is 16.1 Å². The molecule has 3 heterocycles. The van der Waals surface area contributed by atoms with E-state index in [1.807, 2.05) is 18.2 Å². The maximum atomic E-state index is 13.2. The molecule has 28 heavy (non-hydrogen) atoms. The van der Waals surface area contributed by atoms with E-state index in [1.165, 1.54) is 10.5 Å². The van der Waals surface area contributed by atoms with E-state index in [0.29, 0.717) is 38.8 Å². The minimum absolute atomic E-state index is 0.0536. The molecule has 0 saturated carbocycles. The van der Waals surface area contributed by atoms with Crippen LogP contribution in [0.15, 0.2) is 30.3 Å². The van der Waals surface area contributed by atoms with E-state index in [0.717, 1.165) is 19.6 Å². The molecular weight excluding hydrogens is 356 g/mol. The van der Waals surface area contributed by atoms with Gasteiger partial charge in [-0.2, -0.15) is 0 Å². The molecule has 1 aromatic rings. The number of imide groups is 1. The van der Waals surface area contributed by atoms with Gasteiger partial charge in [0, 0.05) is 45.7 Å². The standard InChI is InChI=1S/C21H28N4O3/c1-16(26)24-11-7-18(8-12-24)25-19(27)21(22-20(25)28)9-13-23(14-10-21)15-17-5-3-2-4-6-17/h2-6,18H,7-15H2,1H3,(H,22,28). The highest BCUT2D eigenvalue weighted by atomic mass is 16.2. The largest absolute Gasteiger partial charge is 0.343 e. The summed E-state index contributed by atoms with van der Waals surface area (Å²) in [7, 11) is 0. The predicted octanol–water partition coefficient (Wildman–Crippen LogP) is 1.58. The van der Waals surface area contributed by atoms with Gasteiger partial charge in [0.1, 0.15) is 5.54 Å². The van der Waals surface area contributed by atoms with Gasteiger partial charge in [0.15, 0.2) is 0 Å². The molecule has 150 valence electrons. The van der Waals surface area contributed by atoms with Gasteiger partial charge in [0.2, 0.25) is 5.91 Å². The third-order valence-electron chi connectivity index (χ3n) is 6.43. The number of amides is 4. The smallest absolute Gasteiger partial charge is 0.325 e. The Hall–Kier alpha value is -2.41. The molecule has 7 nitrogen and oxygen atoms in total. The Morgan fingerprint density at radius 3 is 2.32 bits per heavy atom. The number of urea groups is 1. The van der Waals surface area contributed by atoms with Gasteiger partial charge in [-0.15, -0.1) is 0 Å². The summed E-state index contributed by atoms with van der Waals surface area (Å²) in [5.41, 5.74) is 0.515. The minimum Gasteiger partial charge on any atom is -0.343 e. The summed E-state index contributed by atoms with van der Waals surface area (Å²) >= 11 is 0. The van der Waals surface area contributed by atoms with Crippen molar-refractivity contribution in [1.29, 1.82) is 0 Å². The lowest BCUT2D eigenvalue weighted by Crippen LogP contribution is -2.55. The first-order chi connectivity index (χ1) is 13.5. The Balaban J connectivity index is 1.37. The van der Waals surface area contributed by atoms with E-state index in [1.54, 1.807) is 11.8 Å². The number of carbonyl (C=O) groups is 3. The highest BCUT2D eigenvalue weighted by Crippen LogP contribution is 2.33.